The van der Waals surface area contributed by atoms with Gasteiger partial charge in [0.2, 0.25) is 0 Å². The van der Waals surface area contributed by atoms with E-state index in [0.29, 0.717) is 6.61 Å². The molecule has 0 N–H and O–H groups in total. The minimum absolute atomic E-state index is 0.188. The van der Waals surface area contributed by atoms with Crippen molar-refractivity contribution in [2.45, 2.75) is 65.2 Å². The summed E-state index contributed by atoms with van der Waals surface area (Å²) in [6.07, 6.45) is 12.7. The SMILES string of the molecule is CCCCCCC=CC(=O)OCCCCC. The Kier molecular flexibility index (Phi) is 11.7. The molecule has 0 unspecified atom stereocenters. The second-order valence-electron chi connectivity index (χ2n) is 4.13. The summed E-state index contributed by atoms with van der Waals surface area (Å²) in [4.78, 5) is 11.2. The number of hydrogen-bond acceptors (Lipinski definition) is 2. The maximum atomic E-state index is 11.2. The number of ether oxygens (including phenoxy) is 1. The van der Waals surface area contributed by atoms with Gasteiger partial charge in [0.05, 0.1) is 6.61 Å². The summed E-state index contributed by atoms with van der Waals surface area (Å²) in [6.45, 7) is 4.90. The molecule has 0 spiro atoms. The highest BCUT2D eigenvalue weighted by molar-refractivity contribution is 5.81. The zero-order chi connectivity index (χ0) is 12.1. The van der Waals surface area contributed by atoms with Gasteiger partial charge in [-0.3, -0.25) is 0 Å². The molecule has 0 rings (SSSR count). The maximum Gasteiger partial charge on any atom is 0.330 e. The van der Waals surface area contributed by atoms with Crippen molar-refractivity contribution in [1.82, 2.24) is 0 Å². The fraction of sp³-hybridized carbons (Fsp3) is 0.786. The maximum absolute atomic E-state index is 11.2. The predicted molar refractivity (Wildman–Crippen MR) is 68.4 cm³/mol. The van der Waals surface area contributed by atoms with Crippen LogP contribution in [-0.2, 0) is 9.53 Å². The summed E-state index contributed by atoms with van der Waals surface area (Å²) < 4.78 is 5.05. The molecule has 0 saturated heterocycles. The Bertz CT molecular complexity index is 185. The number of esters is 1. The van der Waals surface area contributed by atoms with E-state index in [-0.39, 0.29) is 5.97 Å². The number of carbonyl (C=O) groups is 1. The first-order valence-corrected chi connectivity index (χ1v) is 6.64. The molecule has 0 atom stereocenters. The molecule has 0 amide bonds. The highest BCUT2D eigenvalue weighted by Crippen LogP contribution is 2.03. The molecule has 0 aliphatic carbocycles. The van der Waals surface area contributed by atoms with E-state index >= 15 is 0 Å². The summed E-state index contributed by atoms with van der Waals surface area (Å²) in [7, 11) is 0. The highest BCUT2D eigenvalue weighted by atomic mass is 16.5. The van der Waals surface area contributed by atoms with E-state index < -0.39 is 0 Å². The quantitative estimate of drug-likeness (QED) is 0.316. The minimum Gasteiger partial charge on any atom is -0.463 e. The molecule has 0 radical (unpaired) electrons. The van der Waals surface area contributed by atoms with Crippen LogP contribution in [0.1, 0.15) is 65.2 Å². The standard InChI is InChI=1S/C14H26O2/c1-3-5-7-8-9-10-12-14(15)16-13-11-6-4-2/h10,12H,3-9,11,13H2,1-2H3. The van der Waals surface area contributed by atoms with E-state index in [4.69, 9.17) is 4.74 Å². The van der Waals surface area contributed by atoms with Crippen LogP contribution >= 0.6 is 0 Å². The Balaban J connectivity index is 3.30. The first kappa shape index (κ1) is 15.2. The molecule has 0 aliphatic heterocycles. The molecule has 0 aromatic carbocycles. The summed E-state index contributed by atoms with van der Waals surface area (Å²) in [5.74, 6) is -0.188. The number of hydrogen-bond donors (Lipinski definition) is 0. The largest absolute Gasteiger partial charge is 0.463 e. The fourth-order valence-corrected chi connectivity index (χ4v) is 1.44. The first-order valence-electron chi connectivity index (χ1n) is 6.64. The van der Waals surface area contributed by atoms with Crippen LogP contribution in [0.15, 0.2) is 12.2 Å². The summed E-state index contributed by atoms with van der Waals surface area (Å²) in [5.41, 5.74) is 0. The average Bonchev–Trinajstić information content (AvgIpc) is 2.29. The molecule has 0 aromatic heterocycles. The van der Waals surface area contributed by atoms with Gasteiger partial charge in [0.1, 0.15) is 0 Å². The van der Waals surface area contributed by atoms with Crippen LogP contribution in [-0.4, -0.2) is 12.6 Å². The van der Waals surface area contributed by atoms with E-state index in [1.165, 1.54) is 25.7 Å². The monoisotopic (exact) mass is 226 g/mol. The Morgan fingerprint density at radius 3 is 2.38 bits per heavy atom. The van der Waals surface area contributed by atoms with Gasteiger partial charge in [-0.05, 0) is 19.3 Å². The summed E-state index contributed by atoms with van der Waals surface area (Å²) >= 11 is 0. The zero-order valence-electron chi connectivity index (χ0n) is 10.8. The Morgan fingerprint density at radius 2 is 1.69 bits per heavy atom. The predicted octanol–water partition coefficient (Wildman–Crippen LogP) is 4.25. The van der Waals surface area contributed by atoms with E-state index in [2.05, 4.69) is 13.8 Å². The van der Waals surface area contributed by atoms with Gasteiger partial charge in [0, 0.05) is 6.08 Å². The van der Waals surface area contributed by atoms with Gasteiger partial charge in [-0.2, -0.15) is 0 Å². The van der Waals surface area contributed by atoms with Gasteiger partial charge in [-0.15, -0.1) is 0 Å². The van der Waals surface area contributed by atoms with Gasteiger partial charge >= 0.3 is 5.97 Å². The van der Waals surface area contributed by atoms with Crippen molar-refractivity contribution in [2.75, 3.05) is 6.61 Å². The molecule has 0 saturated carbocycles. The molecule has 0 fully saturated rings. The average molecular weight is 226 g/mol. The van der Waals surface area contributed by atoms with Crippen LogP contribution in [0.2, 0.25) is 0 Å². The number of carbonyl (C=O) groups excluding carboxylic acids is 1. The van der Waals surface area contributed by atoms with Crippen LogP contribution in [0.4, 0.5) is 0 Å². The molecule has 2 nitrogen and oxygen atoms in total. The lowest BCUT2D eigenvalue weighted by atomic mass is 10.1. The lowest BCUT2D eigenvalue weighted by Gasteiger charge is -2.00. The van der Waals surface area contributed by atoms with Gasteiger partial charge in [0.15, 0.2) is 0 Å². The van der Waals surface area contributed by atoms with Crippen molar-refractivity contribution in [2.24, 2.45) is 0 Å². The number of rotatable bonds is 10. The third-order valence-electron chi connectivity index (χ3n) is 2.47. The first-order chi connectivity index (χ1) is 7.81. The second kappa shape index (κ2) is 12.3. The van der Waals surface area contributed by atoms with E-state index in [9.17, 15) is 4.79 Å². The summed E-state index contributed by atoms with van der Waals surface area (Å²) in [6, 6.07) is 0. The molecule has 0 heterocycles. The minimum atomic E-state index is -0.188. The fourth-order valence-electron chi connectivity index (χ4n) is 1.44. The van der Waals surface area contributed by atoms with Crippen molar-refractivity contribution in [3.8, 4) is 0 Å². The summed E-state index contributed by atoms with van der Waals surface area (Å²) in [5, 5.41) is 0. The smallest absolute Gasteiger partial charge is 0.330 e. The van der Waals surface area contributed by atoms with Crippen molar-refractivity contribution in [3.05, 3.63) is 12.2 Å². The molecule has 16 heavy (non-hydrogen) atoms. The van der Waals surface area contributed by atoms with Crippen molar-refractivity contribution < 1.29 is 9.53 Å². The molecule has 0 aliphatic rings. The third kappa shape index (κ3) is 11.3. The number of allylic oxidation sites excluding steroid dienone is 1. The molecular formula is C14H26O2. The van der Waals surface area contributed by atoms with Gasteiger partial charge in [0.25, 0.3) is 0 Å². The van der Waals surface area contributed by atoms with Crippen LogP contribution in [0, 0.1) is 0 Å². The lowest BCUT2D eigenvalue weighted by Crippen LogP contribution is -2.01. The van der Waals surface area contributed by atoms with E-state index in [1.54, 1.807) is 6.08 Å². The molecular weight excluding hydrogens is 200 g/mol. The van der Waals surface area contributed by atoms with E-state index in [0.717, 1.165) is 25.7 Å². The third-order valence-corrected chi connectivity index (χ3v) is 2.47. The second-order valence-corrected chi connectivity index (χ2v) is 4.13. The van der Waals surface area contributed by atoms with Crippen LogP contribution in [0.3, 0.4) is 0 Å². The Hall–Kier alpha value is -0.790. The highest BCUT2D eigenvalue weighted by Gasteiger charge is 1.95. The van der Waals surface area contributed by atoms with Crippen molar-refractivity contribution in [1.29, 1.82) is 0 Å². The molecule has 94 valence electrons. The van der Waals surface area contributed by atoms with Gasteiger partial charge in [-0.25, -0.2) is 4.79 Å². The molecule has 2 heteroatoms. The van der Waals surface area contributed by atoms with Crippen LogP contribution in [0.5, 0.6) is 0 Å². The van der Waals surface area contributed by atoms with E-state index in [1.807, 2.05) is 6.08 Å². The topological polar surface area (TPSA) is 26.3 Å². The van der Waals surface area contributed by atoms with Gasteiger partial charge < -0.3 is 4.74 Å². The van der Waals surface area contributed by atoms with Crippen molar-refractivity contribution >= 4 is 5.97 Å². The Morgan fingerprint density at radius 1 is 1.00 bits per heavy atom. The van der Waals surface area contributed by atoms with Crippen molar-refractivity contribution in [3.63, 3.8) is 0 Å². The molecule has 0 bridgehead atoms. The molecule has 0 aromatic rings. The van der Waals surface area contributed by atoms with Gasteiger partial charge in [-0.1, -0.05) is 52.0 Å². The lowest BCUT2D eigenvalue weighted by molar-refractivity contribution is -0.137. The Labute approximate surface area is 100 Å². The zero-order valence-corrected chi connectivity index (χ0v) is 10.8. The number of unbranched alkanes of at least 4 members (excludes halogenated alkanes) is 6. The van der Waals surface area contributed by atoms with Crippen LogP contribution < -0.4 is 0 Å². The normalized spacial score (nSPS) is 10.9. The van der Waals surface area contributed by atoms with Crippen LogP contribution in [0.25, 0.3) is 0 Å².